The lowest BCUT2D eigenvalue weighted by molar-refractivity contribution is -0.139. The number of carbonyl (C=O) groups excluding carboxylic acids is 3. The monoisotopic (exact) mass is 411 g/mol. The molecule has 0 aliphatic carbocycles. The highest BCUT2D eigenvalue weighted by molar-refractivity contribution is 6.03. The summed E-state index contributed by atoms with van der Waals surface area (Å²) in [5.74, 6) is -0.991. The number of hydrogen-bond acceptors (Lipinski definition) is 6. The van der Waals surface area contributed by atoms with Gasteiger partial charge in [-0.1, -0.05) is 37.6 Å². The number of ether oxygens (including phenoxy) is 3. The second-order valence-electron chi connectivity index (χ2n) is 6.37. The van der Waals surface area contributed by atoms with Crippen LogP contribution in [0.25, 0.3) is 6.08 Å². The van der Waals surface area contributed by atoms with Crippen LogP contribution < -0.4 is 14.8 Å². The van der Waals surface area contributed by atoms with Crippen LogP contribution in [0.5, 0.6) is 11.5 Å². The van der Waals surface area contributed by atoms with Crippen molar-refractivity contribution in [1.29, 1.82) is 0 Å². The highest BCUT2D eigenvalue weighted by Crippen LogP contribution is 2.29. The van der Waals surface area contributed by atoms with E-state index in [4.69, 9.17) is 14.2 Å². The quantitative estimate of drug-likeness (QED) is 0.293. The summed E-state index contributed by atoms with van der Waals surface area (Å²) < 4.78 is 15.6. The Bertz CT molecular complexity index is 921. The van der Waals surface area contributed by atoms with Crippen LogP contribution in [-0.2, 0) is 14.3 Å². The fraction of sp³-hybridized carbons (Fsp3) is 0.261. The van der Waals surface area contributed by atoms with Gasteiger partial charge < -0.3 is 19.5 Å². The number of carbonyl (C=O) groups is 3. The van der Waals surface area contributed by atoms with Crippen LogP contribution in [0.1, 0.15) is 42.6 Å². The number of benzene rings is 2. The Labute approximate surface area is 175 Å². The van der Waals surface area contributed by atoms with E-state index in [1.54, 1.807) is 48.5 Å². The molecule has 0 fully saturated rings. The van der Waals surface area contributed by atoms with Gasteiger partial charge in [0, 0.05) is 12.5 Å². The number of nitrogens with one attached hydrogen (secondary N) is 1. The van der Waals surface area contributed by atoms with Crippen LogP contribution in [0.3, 0.4) is 0 Å². The SMILES string of the molecule is CCCCOC(=O)C(=Cc1ccc(OC(C)=O)c(OC)c1)NC(=O)c1ccccc1. The zero-order valence-electron chi connectivity index (χ0n) is 17.3. The molecular weight excluding hydrogens is 386 g/mol. The van der Waals surface area contributed by atoms with Gasteiger partial charge in [-0.15, -0.1) is 0 Å². The molecule has 0 radical (unpaired) electrons. The number of unbranched alkanes of at least 4 members (excludes halogenated alkanes) is 1. The molecule has 1 amide bonds. The molecule has 2 aromatic rings. The van der Waals surface area contributed by atoms with Crippen LogP contribution >= 0.6 is 0 Å². The minimum atomic E-state index is -0.643. The number of rotatable bonds is 9. The van der Waals surface area contributed by atoms with Crippen LogP contribution in [-0.4, -0.2) is 31.6 Å². The summed E-state index contributed by atoms with van der Waals surface area (Å²) in [4.78, 5) is 36.3. The lowest BCUT2D eigenvalue weighted by Crippen LogP contribution is -2.28. The molecule has 0 atom stereocenters. The van der Waals surface area contributed by atoms with Crippen molar-refractivity contribution in [1.82, 2.24) is 5.32 Å². The first-order valence-electron chi connectivity index (χ1n) is 9.56. The third kappa shape index (κ3) is 6.77. The third-order valence-corrected chi connectivity index (χ3v) is 3.99. The van der Waals surface area contributed by atoms with Crippen molar-refractivity contribution in [3.8, 4) is 11.5 Å². The Morgan fingerprint density at radius 2 is 1.77 bits per heavy atom. The molecule has 0 unspecified atom stereocenters. The fourth-order valence-corrected chi connectivity index (χ4v) is 2.50. The number of methoxy groups -OCH3 is 1. The molecule has 2 rings (SSSR count). The van der Waals surface area contributed by atoms with Gasteiger partial charge in [0.15, 0.2) is 11.5 Å². The molecule has 7 nitrogen and oxygen atoms in total. The van der Waals surface area contributed by atoms with Crippen molar-refractivity contribution in [3.63, 3.8) is 0 Å². The highest BCUT2D eigenvalue weighted by Gasteiger charge is 2.17. The maximum Gasteiger partial charge on any atom is 0.354 e. The summed E-state index contributed by atoms with van der Waals surface area (Å²) in [5, 5.41) is 2.61. The largest absolute Gasteiger partial charge is 0.493 e. The van der Waals surface area contributed by atoms with Crippen molar-refractivity contribution in [2.24, 2.45) is 0 Å². The molecule has 0 aliphatic rings. The molecular formula is C23H25NO6. The Hall–Kier alpha value is -3.61. The van der Waals surface area contributed by atoms with Gasteiger partial charge in [-0.2, -0.15) is 0 Å². The molecule has 158 valence electrons. The Morgan fingerprint density at radius 1 is 1.03 bits per heavy atom. The molecule has 7 heteroatoms. The van der Waals surface area contributed by atoms with Crippen molar-refractivity contribution >= 4 is 23.9 Å². The molecule has 0 spiro atoms. The normalized spacial score (nSPS) is 10.8. The summed E-state index contributed by atoms with van der Waals surface area (Å²) in [7, 11) is 1.44. The van der Waals surface area contributed by atoms with Gasteiger partial charge in [0.1, 0.15) is 5.70 Å². The van der Waals surface area contributed by atoms with E-state index < -0.39 is 17.8 Å². The van der Waals surface area contributed by atoms with Crippen LogP contribution in [0.15, 0.2) is 54.2 Å². The average Bonchev–Trinajstić information content (AvgIpc) is 2.74. The standard InChI is InChI=1S/C23H25NO6/c1-4-5-13-29-23(27)19(24-22(26)18-9-7-6-8-10-18)14-17-11-12-20(30-16(2)25)21(15-17)28-3/h6-12,14-15H,4-5,13H2,1-3H3,(H,24,26). The first-order valence-corrected chi connectivity index (χ1v) is 9.56. The van der Waals surface area contributed by atoms with Gasteiger partial charge >= 0.3 is 11.9 Å². The Balaban J connectivity index is 2.32. The van der Waals surface area contributed by atoms with E-state index in [-0.39, 0.29) is 18.1 Å². The molecule has 0 saturated heterocycles. The van der Waals surface area contributed by atoms with Gasteiger partial charge in [0.25, 0.3) is 5.91 Å². The molecule has 1 N–H and O–H groups in total. The van der Waals surface area contributed by atoms with Gasteiger partial charge in [-0.25, -0.2) is 4.79 Å². The number of hydrogen-bond donors (Lipinski definition) is 1. The van der Waals surface area contributed by atoms with Crippen molar-refractivity contribution in [3.05, 3.63) is 65.4 Å². The zero-order valence-corrected chi connectivity index (χ0v) is 17.3. The minimum Gasteiger partial charge on any atom is -0.493 e. The van der Waals surface area contributed by atoms with E-state index in [1.165, 1.54) is 20.1 Å². The summed E-state index contributed by atoms with van der Waals surface area (Å²) in [6, 6.07) is 13.3. The van der Waals surface area contributed by atoms with E-state index in [1.807, 2.05) is 6.92 Å². The van der Waals surface area contributed by atoms with Crippen molar-refractivity contribution < 1.29 is 28.6 Å². The number of amides is 1. The van der Waals surface area contributed by atoms with Crippen LogP contribution in [0.2, 0.25) is 0 Å². The van der Waals surface area contributed by atoms with Crippen molar-refractivity contribution in [2.75, 3.05) is 13.7 Å². The summed E-state index contributed by atoms with van der Waals surface area (Å²) in [6.07, 6.45) is 3.07. The Morgan fingerprint density at radius 3 is 2.40 bits per heavy atom. The first kappa shape index (κ1) is 22.7. The van der Waals surface area contributed by atoms with Gasteiger partial charge in [0.2, 0.25) is 0 Å². The van der Waals surface area contributed by atoms with E-state index in [0.717, 1.165) is 12.8 Å². The molecule has 0 heterocycles. The smallest absolute Gasteiger partial charge is 0.354 e. The third-order valence-electron chi connectivity index (χ3n) is 3.99. The van der Waals surface area contributed by atoms with Crippen molar-refractivity contribution in [2.45, 2.75) is 26.7 Å². The zero-order chi connectivity index (χ0) is 21.9. The molecule has 2 aromatic carbocycles. The van der Waals surface area contributed by atoms with E-state index >= 15 is 0 Å². The van der Waals surface area contributed by atoms with Gasteiger partial charge in [-0.3, -0.25) is 9.59 Å². The molecule has 0 aromatic heterocycles. The molecule has 30 heavy (non-hydrogen) atoms. The first-order chi connectivity index (χ1) is 14.4. The summed E-state index contributed by atoms with van der Waals surface area (Å²) >= 11 is 0. The van der Waals surface area contributed by atoms with E-state index in [9.17, 15) is 14.4 Å². The highest BCUT2D eigenvalue weighted by atomic mass is 16.6. The van der Waals surface area contributed by atoms with Crippen LogP contribution in [0, 0.1) is 0 Å². The fourth-order valence-electron chi connectivity index (χ4n) is 2.50. The Kier molecular flexibility index (Phi) is 8.62. The molecule has 0 bridgehead atoms. The average molecular weight is 411 g/mol. The second-order valence-corrected chi connectivity index (χ2v) is 6.37. The van der Waals surface area contributed by atoms with Gasteiger partial charge in [-0.05, 0) is 42.3 Å². The maximum absolute atomic E-state index is 12.6. The number of esters is 2. The lowest BCUT2D eigenvalue weighted by Gasteiger charge is -2.12. The maximum atomic E-state index is 12.6. The minimum absolute atomic E-state index is 0.0118. The van der Waals surface area contributed by atoms with E-state index in [2.05, 4.69) is 5.32 Å². The predicted molar refractivity (Wildman–Crippen MR) is 112 cm³/mol. The molecule has 0 saturated carbocycles. The van der Waals surface area contributed by atoms with Crippen LogP contribution in [0.4, 0.5) is 0 Å². The second kappa shape index (κ2) is 11.4. The lowest BCUT2D eigenvalue weighted by atomic mass is 10.1. The summed E-state index contributed by atoms with van der Waals surface area (Å²) in [6.45, 7) is 3.53. The predicted octanol–water partition coefficient (Wildman–Crippen LogP) is 3.73. The summed E-state index contributed by atoms with van der Waals surface area (Å²) in [5.41, 5.74) is 0.952. The van der Waals surface area contributed by atoms with E-state index in [0.29, 0.717) is 16.9 Å². The molecule has 0 aliphatic heterocycles. The topological polar surface area (TPSA) is 90.9 Å². The van der Waals surface area contributed by atoms with Gasteiger partial charge in [0.05, 0.1) is 13.7 Å².